The molecule has 1 aliphatic rings. The van der Waals surface area contributed by atoms with Crippen LogP contribution in [0.4, 0.5) is 0 Å². The van der Waals surface area contributed by atoms with Gasteiger partial charge in [0.1, 0.15) is 6.54 Å². The molecule has 0 atom stereocenters. The molecule has 1 heterocycles. The van der Waals surface area contributed by atoms with Crippen molar-refractivity contribution in [1.82, 2.24) is 14.4 Å². The van der Waals surface area contributed by atoms with Crippen molar-refractivity contribution >= 4 is 27.7 Å². The number of aryl methyl sites for hydroxylation is 1. The second-order valence-electron chi connectivity index (χ2n) is 9.01. The average Bonchev–Trinajstić information content (AvgIpc) is 3.15. The highest BCUT2D eigenvalue weighted by Gasteiger charge is 2.30. The number of amides is 2. The Kier molecular flexibility index (Phi) is 8.35. The molecule has 0 N–H and O–H groups in total. The van der Waals surface area contributed by atoms with Crippen LogP contribution in [0.3, 0.4) is 0 Å². The van der Waals surface area contributed by atoms with Crippen LogP contribution in [0.25, 0.3) is 0 Å². The second-order valence-corrected chi connectivity index (χ2v) is 9.93. The van der Waals surface area contributed by atoms with Gasteiger partial charge in [0.15, 0.2) is 0 Å². The first kappa shape index (κ1) is 23.6. The van der Waals surface area contributed by atoms with Crippen molar-refractivity contribution in [2.75, 3.05) is 13.1 Å². The fourth-order valence-corrected chi connectivity index (χ4v) is 4.74. The smallest absolute Gasteiger partial charge is 0.254 e. The molecule has 1 saturated carbocycles. The fraction of sp³-hybridized carbons (Fsp3) is 0.520. The van der Waals surface area contributed by atoms with E-state index in [1.54, 1.807) is 0 Å². The Bertz CT molecular complexity index is 886. The van der Waals surface area contributed by atoms with E-state index in [9.17, 15) is 9.59 Å². The lowest BCUT2D eigenvalue weighted by Crippen LogP contribution is -2.48. The first-order chi connectivity index (χ1) is 14.8. The van der Waals surface area contributed by atoms with Gasteiger partial charge in [0.25, 0.3) is 5.91 Å². The number of aromatic nitrogens is 1. The molecule has 168 valence electrons. The molecule has 5 nitrogen and oxygen atoms in total. The molecule has 2 amide bonds. The molecule has 0 saturated heterocycles. The maximum absolute atomic E-state index is 13.5. The quantitative estimate of drug-likeness (QED) is 0.510. The van der Waals surface area contributed by atoms with Crippen LogP contribution in [0.15, 0.2) is 47.1 Å². The Morgan fingerprint density at radius 2 is 1.87 bits per heavy atom. The van der Waals surface area contributed by atoms with E-state index in [1.807, 2.05) is 64.0 Å². The minimum atomic E-state index is -0.0510. The Morgan fingerprint density at radius 3 is 2.48 bits per heavy atom. The van der Waals surface area contributed by atoms with Gasteiger partial charge in [-0.2, -0.15) is 0 Å². The van der Waals surface area contributed by atoms with Gasteiger partial charge in [0.05, 0.1) is 6.54 Å². The molecule has 1 fully saturated rings. The van der Waals surface area contributed by atoms with Crippen LogP contribution in [-0.4, -0.2) is 45.3 Å². The maximum atomic E-state index is 13.5. The monoisotopic (exact) mass is 487 g/mol. The van der Waals surface area contributed by atoms with Crippen molar-refractivity contribution in [3.8, 4) is 0 Å². The summed E-state index contributed by atoms with van der Waals surface area (Å²) in [6, 6.07) is 11.6. The first-order valence-corrected chi connectivity index (χ1v) is 12.1. The Balaban J connectivity index is 1.82. The summed E-state index contributed by atoms with van der Waals surface area (Å²) in [7, 11) is 2.00. The number of benzene rings is 1. The molecule has 6 heteroatoms. The molecular weight excluding hydrogens is 454 g/mol. The molecule has 0 radical (unpaired) electrons. The Labute approximate surface area is 194 Å². The van der Waals surface area contributed by atoms with Gasteiger partial charge in [-0.1, -0.05) is 55.1 Å². The molecule has 31 heavy (non-hydrogen) atoms. The topological polar surface area (TPSA) is 45.6 Å². The fourth-order valence-electron chi connectivity index (χ4n) is 4.34. The van der Waals surface area contributed by atoms with Gasteiger partial charge >= 0.3 is 0 Å². The molecule has 1 aliphatic carbocycles. The van der Waals surface area contributed by atoms with Crippen molar-refractivity contribution in [1.29, 1.82) is 0 Å². The number of hydrogen-bond donors (Lipinski definition) is 0. The second kappa shape index (κ2) is 11.0. The van der Waals surface area contributed by atoms with E-state index in [1.165, 1.54) is 6.42 Å². The van der Waals surface area contributed by atoms with Gasteiger partial charge in [-0.15, -0.1) is 0 Å². The van der Waals surface area contributed by atoms with E-state index in [0.29, 0.717) is 24.6 Å². The summed E-state index contributed by atoms with van der Waals surface area (Å²) in [4.78, 5) is 30.7. The highest BCUT2D eigenvalue weighted by molar-refractivity contribution is 9.10. The Hall–Kier alpha value is -2.08. The average molecular weight is 488 g/mol. The van der Waals surface area contributed by atoms with Crippen molar-refractivity contribution in [2.45, 2.75) is 58.5 Å². The van der Waals surface area contributed by atoms with Crippen molar-refractivity contribution in [3.05, 3.63) is 58.3 Å². The van der Waals surface area contributed by atoms with E-state index >= 15 is 0 Å². The molecule has 1 aromatic carbocycles. The van der Waals surface area contributed by atoms with E-state index in [0.717, 1.165) is 35.8 Å². The predicted octanol–water partition coefficient (Wildman–Crippen LogP) is 5.25. The molecule has 0 aliphatic heterocycles. The van der Waals surface area contributed by atoms with Crippen molar-refractivity contribution in [3.63, 3.8) is 0 Å². The minimum Gasteiger partial charge on any atom is -0.353 e. The van der Waals surface area contributed by atoms with Crippen molar-refractivity contribution in [2.24, 2.45) is 13.0 Å². The van der Waals surface area contributed by atoms with Gasteiger partial charge in [-0.3, -0.25) is 9.59 Å². The standard InChI is InChI=1S/C25H34BrN3O2/c1-19(2)16-28(17-23-13-8-14-27(23)3)24(30)18-29(22-11-5-4-6-12-22)25(31)20-9-7-10-21(26)15-20/h7-10,13-15,19,22H,4-6,11-12,16-18H2,1-3H3. The number of hydrogen-bond acceptors (Lipinski definition) is 2. The van der Waals surface area contributed by atoms with Gasteiger partial charge in [0.2, 0.25) is 5.91 Å². The van der Waals surface area contributed by atoms with Crippen LogP contribution in [0.5, 0.6) is 0 Å². The lowest BCUT2D eigenvalue weighted by molar-refractivity contribution is -0.133. The molecule has 2 aromatic rings. The highest BCUT2D eigenvalue weighted by atomic mass is 79.9. The number of rotatable bonds is 8. The first-order valence-electron chi connectivity index (χ1n) is 11.3. The third-order valence-electron chi connectivity index (χ3n) is 6.00. The summed E-state index contributed by atoms with van der Waals surface area (Å²) in [5.74, 6) is 0.321. The van der Waals surface area contributed by atoms with Gasteiger partial charge in [-0.25, -0.2) is 0 Å². The largest absolute Gasteiger partial charge is 0.353 e. The molecule has 1 aromatic heterocycles. The number of carbonyl (C=O) groups excluding carboxylic acids is 2. The van der Waals surface area contributed by atoms with E-state index in [4.69, 9.17) is 0 Å². The van der Waals surface area contributed by atoms with Crippen molar-refractivity contribution < 1.29 is 9.59 Å². The summed E-state index contributed by atoms with van der Waals surface area (Å²) in [5.41, 5.74) is 1.72. The Morgan fingerprint density at radius 1 is 1.13 bits per heavy atom. The predicted molar refractivity (Wildman–Crippen MR) is 128 cm³/mol. The summed E-state index contributed by atoms with van der Waals surface area (Å²) in [5, 5.41) is 0. The highest BCUT2D eigenvalue weighted by Crippen LogP contribution is 2.25. The van der Waals surface area contributed by atoms with E-state index < -0.39 is 0 Å². The summed E-state index contributed by atoms with van der Waals surface area (Å²) >= 11 is 3.47. The molecule has 0 unspecified atom stereocenters. The van der Waals surface area contributed by atoms with Crippen LogP contribution in [0.2, 0.25) is 0 Å². The number of nitrogens with zero attached hydrogens (tertiary/aromatic N) is 3. The molecule has 0 bridgehead atoms. The van der Waals surface area contributed by atoms with Crippen LogP contribution in [0.1, 0.15) is 62.0 Å². The zero-order chi connectivity index (χ0) is 22.4. The molecular formula is C25H34BrN3O2. The number of halogens is 1. The zero-order valence-corrected chi connectivity index (χ0v) is 20.5. The molecule has 0 spiro atoms. The van der Waals surface area contributed by atoms with Crippen LogP contribution < -0.4 is 0 Å². The van der Waals surface area contributed by atoms with Crippen LogP contribution in [0, 0.1) is 5.92 Å². The third kappa shape index (κ3) is 6.45. The van der Waals surface area contributed by atoms with E-state index in [2.05, 4.69) is 29.8 Å². The summed E-state index contributed by atoms with van der Waals surface area (Å²) < 4.78 is 2.92. The normalized spacial score (nSPS) is 14.6. The summed E-state index contributed by atoms with van der Waals surface area (Å²) in [6.07, 6.45) is 7.36. The van der Waals surface area contributed by atoms with Crippen LogP contribution in [-0.2, 0) is 18.4 Å². The van der Waals surface area contributed by atoms with Gasteiger partial charge in [-0.05, 0) is 49.1 Å². The van der Waals surface area contributed by atoms with E-state index in [-0.39, 0.29) is 24.4 Å². The molecule has 3 rings (SSSR count). The number of carbonyl (C=O) groups is 2. The lowest BCUT2D eigenvalue weighted by Gasteiger charge is -2.36. The maximum Gasteiger partial charge on any atom is 0.254 e. The zero-order valence-electron chi connectivity index (χ0n) is 18.9. The van der Waals surface area contributed by atoms with Gasteiger partial charge in [0, 0.05) is 41.6 Å². The lowest BCUT2D eigenvalue weighted by atomic mass is 9.93. The SMILES string of the molecule is CC(C)CN(Cc1cccn1C)C(=O)CN(C(=O)c1cccc(Br)c1)C1CCCCC1. The third-order valence-corrected chi connectivity index (χ3v) is 6.49. The minimum absolute atomic E-state index is 0.0174. The van der Waals surface area contributed by atoms with Gasteiger partial charge < -0.3 is 14.4 Å². The van der Waals surface area contributed by atoms with Crippen LogP contribution >= 0.6 is 15.9 Å². The summed E-state index contributed by atoms with van der Waals surface area (Å²) in [6.45, 7) is 5.61.